The van der Waals surface area contributed by atoms with Crippen molar-refractivity contribution in [1.29, 1.82) is 0 Å². The number of hydrogen-bond acceptors (Lipinski definition) is 5. The summed E-state index contributed by atoms with van der Waals surface area (Å²) >= 11 is 0. The quantitative estimate of drug-likeness (QED) is 0.805. The first kappa shape index (κ1) is 18.0. The smallest absolute Gasteiger partial charge is 0.289 e. The number of rotatable bonds is 4. The number of furan rings is 1. The SMILES string of the molecule is O=C(CN1C(=O)c2ccccc2C1=O)NC1CCN(C(=O)c2ccco2)CC1. The Bertz CT molecular complexity index is 894. The Hall–Kier alpha value is -3.42. The molecule has 1 saturated heterocycles. The van der Waals surface area contributed by atoms with Gasteiger partial charge < -0.3 is 14.6 Å². The van der Waals surface area contributed by atoms with Crippen molar-refractivity contribution >= 4 is 23.6 Å². The van der Waals surface area contributed by atoms with Gasteiger partial charge in [-0.2, -0.15) is 0 Å². The van der Waals surface area contributed by atoms with Crippen LogP contribution in [0.3, 0.4) is 0 Å². The summed E-state index contributed by atoms with van der Waals surface area (Å²) in [6.07, 6.45) is 2.65. The van der Waals surface area contributed by atoms with E-state index in [2.05, 4.69) is 5.32 Å². The summed E-state index contributed by atoms with van der Waals surface area (Å²) in [5, 5.41) is 2.86. The average molecular weight is 381 g/mol. The van der Waals surface area contributed by atoms with E-state index in [1.54, 1.807) is 41.3 Å². The van der Waals surface area contributed by atoms with Crippen molar-refractivity contribution in [2.45, 2.75) is 18.9 Å². The van der Waals surface area contributed by atoms with Gasteiger partial charge in [0.2, 0.25) is 5.91 Å². The Morgan fingerprint density at radius 3 is 2.21 bits per heavy atom. The summed E-state index contributed by atoms with van der Waals surface area (Å²) in [5.74, 6) is -1.15. The highest BCUT2D eigenvalue weighted by Crippen LogP contribution is 2.22. The fourth-order valence-electron chi connectivity index (χ4n) is 3.58. The van der Waals surface area contributed by atoms with Crippen molar-refractivity contribution in [2.75, 3.05) is 19.6 Å². The van der Waals surface area contributed by atoms with E-state index in [4.69, 9.17) is 4.42 Å². The molecule has 0 unspecified atom stereocenters. The minimum Gasteiger partial charge on any atom is -0.459 e. The van der Waals surface area contributed by atoms with Gasteiger partial charge >= 0.3 is 0 Å². The highest BCUT2D eigenvalue weighted by molar-refractivity contribution is 6.22. The highest BCUT2D eigenvalue weighted by atomic mass is 16.3. The van der Waals surface area contributed by atoms with Crippen LogP contribution in [0.25, 0.3) is 0 Å². The van der Waals surface area contributed by atoms with Crippen molar-refractivity contribution in [1.82, 2.24) is 15.1 Å². The van der Waals surface area contributed by atoms with Crippen molar-refractivity contribution in [3.05, 3.63) is 59.5 Å². The van der Waals surface area contributed by atoms with Crippen LogP contribution in [0.5, 0.6) is 0 Å². The third-order valence-corrected chi connectivity index (χ3v) is 5.06. The van der Waals surface area contributed by atoms with E-state index in [0.29, 0.717) is 42.8 Å². The molecule has 1 fully saturated rings. The fourth-order valence-corrected chi connectivity index (χ4v) is 3.58. The van der Waals surface area contributed by atoms with Crippen LogP contribution in [-0.4, -0.2) is 59.1 Å². The zero-order chi connectivity index (χ0) is 19.7. The van der Waals surface area contributed by atoms with Crippen molar-refractivity contribution in [2.24, 2.45) is 0 Å². The fraction of sp³-hybridized carbons (Fsp3) is 0.300. The van der Waals surface area contributed by atoms with Gasteiger partial charge in [0.15, 0.2) is 5.76 Å². The molecule has 3 heterocycles. The number of carbonyl (C=O) groups is 4. The maximum Gasteiger partial charge on any atom is 0.289 e. The predicted octanol–water partition coefficient (Wildman–Crippen LogP) is 1.30. The Labute approximate surface area is 161 Å². The lowest BCUT2D eigenvalue weighted by molar-refractivity contribution is -0.122. The van der Waals surface area contributed by atoms with Gasteiger partial charge in [0.05, 0.1) is 17.4 Å². The number of nitrogens with zero attached hydrogens (tertiary/aromatic N) is 2. The molecule has 0 aliphatic carbocycles. The topological polar surface area (TPSA) is 99.9 Å². The van der Waals surface area contributed by atoms with E-state index in [-0.39, 0.29) is 24.4 Å². The van der Waals surface area contributed by atoms with Crippen LogP contribution in [0.2, 0.25) is 0 Å². The Balaban J connectivity index is 1.29. The third-order valence-electron chi connectivity index (χ3n) is 5.06. The minimum atomic E-state index is -0.449. The van der Waals surface area contributed by atoms with Crippen LogP contribution in [0.1, 0.15) is 44.1 Å². The van der Waals surface area contributed by atoms with Gasteiger partial charge in [-0.3, -0.25) is 24.1 Å². The number of hydrogen-bond donors (Lipinski definition) is 1. The number of amides is 4. The molecule has 0 spiro atoms. The van der Waals surface area contributed by atoms with Crippen LogP contribution < -0.4 is 5.32 Å². The number of imide groups is 1. The molecule has 8 nitrogen and oxygen atoms in total. The van der Waals surface area contributed by atoms with Crippen LogP contribution >= 0.6 is 0 Å². The van der Waals surface area contributed by atoms with Gasteiger partial charge in [-0.05, 0) is 37.1 Å². The molecule has 0 atom stereocenters. The number of likely N-dealkylation sites (tertiary alicyclic amines) is 1. The minimum absolute atomic E-state index is 0.108. The summed E-state index contributed by atoms with van der Waals surface area (Å²) in [6.45, 7) is 0.687. The van der Waals surface area contributed by atoms with Crippen LogP contribution in [0, 0.1) is 0 Å². The van der Waals surface area contributed by atoms with Gasteiger partial charge in [0.25, 0.3) is 17.7 Å². The predicted molar refractivity (Wildman–Crippen MR) is 97.6 cm³/mol. The number of carbonyl (C=O) groups excluding carboxylic acids is 4. The van der Waals surface area contributed by atoms with Crippen LogP contribution in [0.15, 0.2) is 47.1 Å². The normalized spacial score (nSPS) is 17.0. The van der Waals surface area contributed by atoms with Crippen LogP contribution in [-0.2, 0) is 4.79 Å². The Kier molecular flexibility index (Phi) is 4.68. The number of benzene rings is 1. The van der Waals surface area contributed by atoms with E-state index in [9.17, 15) is 19.2 Å². The molecule has 0 bridgehead atoms. The highest BCUT2D eigenvalue weighted by Gasteiger charge is 2.36. The molecule has 1 aromatic carbocycles. The number of piperidine rings is 1. The summed E-state index contributed by atoms with van der Waals surface area (Å²) < 4.78 is 5.13. The molecule has 2 aliphatic rings. The van der Waals surface area contributed by atoms with E-state index in [0.717, 1.165) is 4.90 Å². The summed E-state index contributed by atoms with van der Waals surface area (Å²) in [4.78, 5) is 52.0. The molecule has 2 aliphatic heterocycles. The molecule has 1 aromatic heterocycles. The lowest BCUT2D eigenvalue weighted by Gasteiger charge is -2.32. The Morgan fingerprint density at radius 1 is 1.00 bits per heavy atom. The number of nitrogens with one attached hydrogen (secondary N) is 1. The zero-order valence-electron chi connectivity index (χ0n) is 15.1. The lowest BCUT2D eigenvalue weighted by atomic mass is 10.0. The molecule has 1 N–H and O–H groups in total. The van der Waals surface area contributed by atoms with E-state index < -0.39 is 11.8 Å². The summed E-state index contributed by atoms with van der Waals surface area (Å²) in [7, 11) is 0. The second kappa shape index (κ2) is 7.30. The van der Waals surface area contributed by atoms with Crippen molar-refractivity contribution in [3.63, 3.8) is 0 Å². The first-order valence-electron chi connectivity index (χ1n) is 9.12. The molecule has 4 rings (SSSR count). The third kappa shape index (κ3) is 3.28. The van der Waals surface area contributed by atoms with E-state index in [1.165, 1.54) is 6.26 Å². The largest absolute Gasteiger partial charge is 0.459 e. The van der Waals surface area contributed by atoms with Gasteiger partial charge in [0.1, 0.15) is 6.54 Å². The molecule has 144 valence electrons. The molecule has 0 saturated carbocycles. The number of fused-ring (bicyclic) bond motifs is 1. The molecule has 4 amide bonds. The van der Waals surface area contributed by atoms with Gasteiger partial charge in [0, 0.05) is 19.1 Å². The standard InChI is InChI=1S/C20H19N3O5/c24-17(12-23-18(25)14-4-1-2-5-15(14)19(23)26)21-13-7-9-22(10-8-13)20(27)16-6-3-11-28-16/h1-6,11,13H,7-10,12H2,(H,21,24). The Morgan fingerprint density at radius 2 is 1.64 bits per heavy atom. The molecular formula is C20H19N3O5. The van der Waals surface area contributed by atoms with Crippen molar-refractivity contribution in [3.8, 4) is 0 Å². The molecule has 28 heavy (non-hydrogen) atoms. The van der Waals surface area contributed by atoms with Crippen molar-refractivity contribution < 1.29 is 23.6 Å². The first-order chi connectivity index (χ1) is 13.5. The maximum absolute atomic E-state index is 12.4. The second-order valence-electron chi connectivity index (χ2n) is 6.85. The van der Waals surface area contributed by atoms with Crippen LogP contribution in [0.4, 0.5) is 0 Å². The lowest BCUT2D eigenvalue weighted by Crippen LogP contribution is -2.49. The summed E-state index contributed by atoms with van der Waals surface area (Å²) in [6, 6.07) is 9.72. The average Bonchev–Trinajstić information content (AvgIpc) is 3.32. The van der Waals surface area contributed by atoms with E-state index >= 15 is 0 Å². The van der Waals surface area contributed by atoms with Gasteiger partial charge in [-0.15, -0.1) is 0 Å². The molecule has 0 radical (unpaired) electrons. The van der Waals surface area contributed by atoms with Gasteiger partial charge in [-0.1, -0.05) is 12.1 Å². The monoisotopic (exact) mass is 381 g/mol. The zero-order valence-corrected chi connectivity index (χ0v) is 15.1. The molecule has 8 heteroatoms. The molecular weight excluding hydrogens is 362 g/mol. The first-order valence-corrected chi connectivity index (χ1v) is 9.12. The second-order valence-corrected chi connectivity index (χ2v) is 6.85. The van der Waals surface area contributed by atoms with Gasteiger partial charge in [-0.25, -0.2) is 0 Å². The summed E-state index contributed by atoms with van der Waals surface area (Å²) in [5.41, 5.74) is 0.648. The van der Waals surface area contributed by atoms with E-state index in [1.807, 2.05) is 0 Å². The molecule has 2 aromatic rings. The maximum atomic E-state index is 12.4.